The lowest BCUT2D eigenvalue weighted by atomic mass is 10.2. The third-order valence-corrected chi connectivity index (χ3v) is 2.85. The minimum Gasteiger partial charge on any atom is -0.394 e. The highest BCUT2D eigenvalue weighted by Gasteiger charge is 2.28. The van der Waals surface area contributed by atoms with Crippen molar-refractivity contribution in [1.29, 1.82) is 0 Å². The van der Waals surface area contributed by atoms with Gasteiger partial charge in [0.15, 0.2) is 0 Å². The Hall–Kier alpha value is -1.73. The maximum atomic E-state index is 11.0. The van der Waals surface area contributed by atoms with E-state index < -0.39 is 4.92 Å². The van der Waals surface area contributed by atoms with Crippen LogP contribution in [0.15, 0.2) is 18.5 Å². The SMILES string of the molecule is CC1CN(c2ccncc2[N+](=O)[O-])CC(CO)O1. The van der Waals surface area contributed by atoms with Crippen LogP contribution in [0.25, 0.3) is 0 Å². The van der Waals surface area contributed by atoms with Crippen LogP contribution in [0.4, 0.5) is 11.4 Å². The van der Waals surface area contributed by atoms with Gasteiger partial charge in [-0.2, -0.15) is 0 Å². The first-order chi connectivity index (χ1) is 8.61. The molecule has 2 unspecified atom stereocenters. The van der Waals surface area contributed by atoms with Crippen LogP contribution in [0, 0.1) is 10.1 Å². The van der Waals surface area contributed by atoms with Crippen LogP contribution in [0.1, 0.15) is 6.92 Å². The number of nitrogens with zero attached hydrogens (tertiary/aromatic N) is 3. The number of aromatic nitrogens is 1. The van der Waals surface area contributed by atoms with Crippen molar-refractivity contribution < 1.29 is 14.8 Å². The molecule has 0 aliphatic carbocycles. The first-order valence-electron chi connectivity index (χ1n) is 5.71. The number of ether oxygens (including phenoxy) is 1. The van der Waals surface area contributed by atoms with Crippen molar-refractivity contribution in [3.05, 3.63) is 28.6 Å². The van der Waals surface area contributed by atoms with Gasteiger partial charge >= 0.3 is 5.69 Å². The van der Waals surface area contributed by atoms with E-state index in [1.807, 2.05) is 11.8 Å². The van der Waals surface area contributed by atoms with E-state index in [-0.39, 0.29) is 24.5 Å². The van der Waals surface area contributed by atoms with Crippen molar-refractivity contribution in [3.63, 3.8) is 0 Å². The summed E-state index contributed by atoms with van der Waals surface area (Å²) in [5.41, 5.74) is 0.492. The summed E-state index contributed by atoms with van der Waals surface area (Å²) in [6.45, 7) is 2.77. The van der Waals surface area contributed by atoms with Crippen LogP contribution in [0.3, 0.4) is 0 Å². The Morgan fingerprint density at radius 1 is 1.67 bits per heavy atom. The van der Waals surface area contributed by atoms with Gasteiger partial charge in [0.25, 0.3) is 0 Å². The number of anilines is 1. The molecule has 2 rings (SSSR count). The monoisotopic (exact) mass is 253 g/mol. The molecule has 7 heteroatoms. The summed E-state index contributed by atoms with van der Waals surface area (Å²) in [6.07, 6.45) is 2.37. The molecule has 2 heterocycles. The zero-order valence-electron chi connectivity index (χ0n) is 10.0. The van der Waals surface area contributed by atoms with Gasteiger partial charge in [0.2, 0.25) is 0 Å². The molecule has 1 saturated heterocycles. The van der Waals surface area contributed by atoms with Gasteiger partial charge in [-0.05, 0) is 13.0 Å². The predicted molar refractivity (Wildman–Crippen MR) is 64.5 cm³/mol. The average molecular weight is 253 g/mol. The van der Waals surface area contributed by atoms with E-state index in [1.165, 1.54) is 12.4 Å². The normalized spacial score (nSPS) is 24.0. The number of hydrogen-bond donors (Lipinski definition) is 1. The molecule has 0 aromatic carbocycles. The van der Waals surface area contributed by atoms with Gasteiger partial charge in [0.1, 0.15) is 11.9 Å². The van der Waals surface area contributed by atoms with Gasteiger partial charge in [0.05, 0.1) is 23.7 Å². The van der Waals surface area contributed by atoms with E-state index in [0.29, 0.717) is 18.8 Å². The number of pyridine rings is 1. The number of rotatable bonds is 3. The third-order valence-electron chi connectivity index (χ3n) is 2.85. The summed E-state index contributed by atoms with van der Waals surface area (Å²) in [7, 11) is 0. The Bertz CT molecular complexity index is 440. The molecule has 1 N–H and O–H groups in total. The smallest absolute Gasteiger partial charge is 0.310 e. The minimum atomic E-state index is -0.448. The molecular weight excluding hydrogens is 238 g/mol. The van der Waals surface area contributed by atoms with Crippen molar-refractivity contribution in [2.45, 2.75) is 19.1 Å². The Labute approximate surface area is 104 Å². The van der Waals surface area contributed by atoms with E-state index in [9.17, 15) is 10.1 Å². The van der Waals surface area contributed by atoms with Crippen LogP contribution in [-0.4, -0.2) is 46.9 Å². The molecule has 0 amide bonds. The first-order valence-corrected chi connectivity index (χ1v) is 5.71. The quantitative estimate of drug-likeness (QED) is 0.626. The molecule has 1 aliphatic rings. The number of aliphatic hydroxyl groups excluding tert-OH is 1. The average Bonchev–Trinajstić information content (AvgIpc) is 2.38. The molecule has 1 fully saturated rings. The second kappa shape index (κ2) is 5.28. The molecule has 0 bridgehead atoms. The zero-order chi connectivity index (χ0) is 13.1. The summed E-state index contributed by atoms with van der Waals surface area (Å²) in [5.74, 6) is 0. The van der Waals surface area contributed by atoms with Gasteiger partial charge in [0, 0.05) is 19.3 Å². The number of morpholine rings is 1. The fraction of sp³-hybridized carbons (Fsp3) is 0.545. The molecule has 1 aromatic rings. The van der Waals surface area contributed by atoms with Crippen molar-refractivity contribution in [3.8, 4) is 0 Å². The lowest BCUT2D eigenvalue weighted by Crippen LogP contribution is -2.48. The summed E-state index contributed by atoms with van der Waals surface area (Å²) < 4.78 is 5.51. The molecule has 1 aliphatic heterocycles. The number of aliphatic hydroxyl groups is 1. The number of nitro groups is 1. The van der Waals surface area contributed by atoms with E-state index in [1.54, 1.807) is 6.07 Å². The Kier molecular flexibility index (Phi) is 3.73. The highest BCUT2D eigenvalue weighted by atomic mass is 16.6. The highest BCUT2D eigenvalue weighted by molar-refractivity contribution is 5.62. The molecule has 7 nitrogen and oxygen atoms in total. The molecular formula is C11H15N3O4. The van der Waals surface area contributed by atoms with Crippen LogP contribution in [-0.2, 0) is 4.74 Å². The largest absolute Gasteiger partial charge is 0.394 e. The van der Waals surface area contributed by atoms with E-state index in [0.717, 1.165) is 0 Å². The van der Waals surface area contributed by atoms with E-state index >= 15 is 0 Å². The van der Waals surface area contributed by atoms with Gasteiger partial charge in [-0.3, -0.25) is 15.1 Å². The molecule has 0 spiro atoms. The van der Waals surface area contributed by atoms with E-state index in [4.69, 9.17) is 9.84 Å². The molecule has 0 saturated carbocycles. The fourth-order valence-electron chi connectivity index (χ4n) is 2.13. The summed E-state index contributed by atoms with van der Waals surface area (Å²) in [6, 6.07) is 1.62. The predicted octanol–water partition coefficient (Wildman–Crippen LogP) is 0.576. The van der Waals surface area contributed by atoms with Gasteiger partial charge in [-0.25, -0.2) is 0 Å². The molecule has 18 heavy (non-hydrogen) atoms. The van der Waals surface area contributed by atoms with Crippen LogP contribution in [0.2, 0.25) is 0 Å². The van der Waals surface area contributed by atoms with Crippen LogP contribution < -0.4 is 4.90 Å². The summed E-state index contributed by atoms with van der Waals surface area (Å²) in [4.78, 5) is 16.1. The Balaban J connectivity index is 2.27. The van der Waals surface area contributed by atoms with E-state index in [2.05, 4.69) is 4.98 Å². The topological polar surface area (TPSA) is 88.7 Å². The molecule has 2 atom stereocenters. The minimum absolute atomic E-state index is 0.0247. The number of hydrogen-bond acceptors (Lipinski definition) is 6. The maximum absolute atomic E-state index is 11.0. The van der Waals surface area contributed by atoms with Gasteiger partial charge in [-0.1, -0.05) is 0 Å². The lowest BCUT2D eigenvalue weighted by molar-refractivity contribution is -0.384. The van der Waals surface area contributed by atoms with Gasteiger partial charge in [-0.15, -0.1) is 0 Å². The van der Waals surface area contributed by atoms with Crippen molar-refractivity contribution >= 4 is 11.4 Å². The van der Waals surface area contributed by atoms with Gasteiger partial charge < -0.3 is 14.7 Å². The fourth-order valence-corrected chi connectivity index (χ4v) is 2.13. The van der Waals surface area contributed by atoms with Crippen LogP contribution >= 0.6 is 0 Å². The Morgan fingerprint density at radius 2 is 2.44 bits per heavy atom. The third kappa shape index (κ3) is 2.57. The molecule has 1 aromatic heterocycles. The summed E-state index contributed by atoms with van der Waals surface area (Å²) in [5, 5.41) is 20.1. The second-order valence-corrected chi connectivity index (χ2v) is 4.28. The Morgan fingerprint density at radius 3 is 3.11 bits per heavy atom. The maximum Gasteiger partial charge on any atom is 0.310 e. The summed E-state index contributed by atoms with van der Waals surface area (Å²) >= 11 is 0. The van der Waals surface area contributed by atoms with Crippen molar-refractivity contribution in [2.75, 3.05) is 24.6 Å². The lowest BCUT2D eigenvalue weighted by Gasteiger charge is -2.37. The molecule has 0 radical (unpaired) electrons. The van der Waals surface area contributed by atoms with Crippen molar-refractivity contribution in [1.82, 2.24) is 4.98 Å². The highest BCUT2D eigenvalue weighted by Crippen LogP contribution is 2.28. The standard InChI is InChI=1S/C11H15N3O4/c1-8-5-13(6-9(7-15)18-8)10-2-3-12-4-11(10)14(16)17/h2-4,8-9,15H,5-7H2,1H3. The first kappa shape index (κ1) is 12.7. The molecule has 98 valence electrons. The second-order valence-electron chi connectivity index (χ2n) is 4.28. The van der Waals surface area contributed by atoms with Crippen molar-refractivity contribution in [2.24, 2.45) is 0 Å². The zero-order valence-corrected chi connectivity index (χ0v) is 10.0. The van der Waals surface area contributed by atoms with Crippen LogP contribution in [0.5, 0.6) is 0 Å².